The van der Waals surface area contributed by atoms with Crippen molar-refractivity contribution in [1.82, 2.24) is 0 Å². The lowest BCUT2D eigenvalue weighted by atomic mass is 10.3. The van der Waals surface area contributed by atoms with Crippen LogP contribution in [0.1, 0.15) is 11.0 Å². The third kappa shape index (κ3) is 3.03. The summed E-state index contributed by atoms with van der Waals surface area (Å²) >= 11 is 3.36. The van der Waals surface area contributed by atoms with Crippen molar-refractivity contribution in [3.63, 3.8) is 0 Å². The first-order valence-corrected chi connectivity index (χ1v) is 7.48. The second-order valence-electron chi connectivity index (χ2n) is 3.51. The summed E-state index contributed by atoms with van der Waals surface area (Å²) in [5.41, 5.74) is 5.78. The zero-order valence-corrected chi connectivity index (χ0v) is 11.3. The monoisotopic (exact) mass is 265 g/mol. The highest BCUT2D eigenvalue weighted by atomic mass is 32.2. The van der Waals surface area contributed by atoms with Crippen molar-refractivity contribution in [1.29, 1.82) is 0 Å². The molecule has 1 unspecified atom stereocenters. The number of thioether (sulfide) groups is 1. The Balaban J connectivity index is 2.18. The molecule has 2 rings (SSSR count). The van der Waals surface area contributed by atoms with Crippen molar-refractivity contribution >= 4 is 23.1 Å². The molecular weight excluding hydrogens is 250 g/mol. The fourth-order valence-corrected chi connectivity index (χ4v) is 2.87. The lowest BCUT2D eigenvalue weighted by molar-refractivity contribution is 0.212. The molecule has 1 heterocycles. The number of ether oxygens (including phenoxy) is 1. The molecule has 0 amide bonds. The number of thiophene rings is 1. The van der Waals surface area contributed by atoms with Gasteiger partial charge in [-0.3, -0.25) is 0 Å². The molecule has 4 heteroatoms. The maximum absolute atomic E-state index is 5.99. The van der Waals surface area contributed by atoms with Gasteiger partial charge in [-0.1, -0.05) is 18.2 Å². The first-order chi connectivity index (χ1) is 8.35. The minimum Gasteiger partial charge on any atom is -0.482 e. The van der Waals surface area contributed by atoms with Crippen LogP contribution in [0.25, 0.3) is 0 Å². The normalized spacial score (nSPS) is 12.4. The van der Waals surface area contributed by atoms with Crippen LogP contribution in [0.2, 0.25) is 0 Å². The summed E-state index contributed by atoms with van der Waals surface area (Å²) in [6, 6.07) is 12.1. The number of hydrogen-bond acceptors (Lipinski definition) is 4. The van der Waals surface area contributed by atoms with Crippen LogP contribution in [0.15, 0.2) is 46.7 Å². The third-order valence-corrected chi connectivity index (χ3v) is 4.15. The van der Waals surface area contributed by atoms with Gasteiger partial charge in [0.1, 0.15) is 11.9 Å². The molecule has 0 radical (unpaired) electrons. The van der Waals surface area contributed by atoms with E-state index in [1.807, 2.05) is 35.9 Å². The van der Waals surface area contributed by atoms with Crippen molar-refractivity contribution in [2.45, 2.75) is 11.0 Å². The SMILES string of the molecule is CSc1ccccc1OC(CN)c1cccs1. The van der Waals surface area contributed by atoms with Crippen molar-refractivity contribution in [2.24, 2.45) is 5.73 Å². The summed E-state index contributed by atoms with van der Waals surface area (Å²) in [5.74, 6) is 0.906. The topological polar surface area (TPSA) is 35.2 Å². The molecule has 90 valence electrons. The molecule has 2 aromatic rings. The fourth-order valence-electron chi connectivity index (χ4n) is 1.57. The number of hydrogen-bond donors (Lipinski definition) is 1. The van der Waals surface area contributed by atoms with Gasteiger partial charge < -0.3 is 10.5 Å². The molecule has 0 aliphatic rings. The molecular formula is C13H15NOS2. The van der Waals surface area contributed by atoms with Crippen LogP contribution in [0.4, 0.5) is 0 Å². The highest BCUT2D eigenvalue weighted by molar-refractivity contribution is 7.98. The van der Waals surface area contributed by atoms with Gasteiger partial charge >= 0.3 is 0 Å². The predicted molar refractivity (Wildman–Crippen MR) is 75.0 cm³/mol. The standard InChI is InChI=1S/C13H15NOS2/c1-16-12-6-3-2-5-10(12)15-11(9-14)13-7-4-8-17-13/h2-8,11H,9,14H2,1H3. The van der Waals surface area contributed by atoms with E-state index in [0.29, 0.717) is 6.54 Å². The van der Waals surface area contributed by atoms with E-state index < -0.39 is 0 Å². The molecule has 1 atom stereocenters. The maximum Gasteiger partial charge on any atom is 0.145 e. The van der Waals surface area contributed by atoms with E-state index in [-0.39, 0.29) is 6.10 Å². The Morgan fingerprint density at radius 1 is 1.29 bits per heavy atom. The van der Waals surface area contributed by atoms with Crippen LogP contribution in [0.5, 0.6) is 5.75 Å². The Kier molecular flexibility index (Phi) is 4.48. The van der Waals surface area contributed by atoms with Crippen LogP contribution in [0.3, 0.4) is 0 Å². The van der Waals surface area contributed by atoms with Gasteiger partial charge in [-0.05, 0) is 29.8 Å². The Hall–Kier alpha value is -0.970. The third-order valence-electron chi connectivity index (χ3n) is 2.41. The van der Waals surface area contributed by atoms with E-state index in [2.05, 4.69) is 12.1 Å². The predicted octanol–water partition coefficient (Wildman–Crippen LogP) is 3.55. The highest BCUT2D eigenvalue weighted by Gasteiger charge is 2.14. The van der Waals surface area contributed by atoms with Gasteiger partial charge in [-0.15, -0.1) is 23.1 Å². The first kappa shape index (κ1) is 12.5. The van der Waals surface area contributed by atoms with Crippen LogP contribution < -0.4 is 10.5 Å². The van der Waals surface area contributed by atoms with Crippen LogP contribution >= 0.6 is 23.1 Å². The van der Waals surface area contributed by atoms with Gasteiger partial charge in [0.05, 0.1) is 0 Å². The summed E-state index contributed by atoms with van der Waals surface area (Å²) in [7, 11) is 0. The van der Waals surface area contributed by atoms with E-state index in [1.165, 1.54) is 4.88 Å². The molecule has 0 aliphatic carbocycles. The quantitative estimate of drug-likeness (QED) is 0.840. The van der Waals surface area contributed by atoms with E-state index in [1.54, 1.807) is 23.1 Å². The second-order valence-corrected chi connectivity index (χ2v) is 5.34. The minimum absolute atomic E-state index is 0.0525. The van der Waals surface area contributed by atoms with Gasteiger partial charge in [0, 0.05) is 16.3 Å². The zero-order chi connectivity index (χ0) is 12.1. The summed E-state index contributed by atoms with van der Waals surface area (Å²) in [4.78, 5) is 2.31. The molecule has 0 saturated heterocycles. The van der Waals surface area contributed by atoms with E-state index >= 15 is 0 Å². The van der Waals surface area contributed by atoms with Crippen molar-refractivity contribution in [3.8, 4) is 5.75 Å². The zero-order valence-electron chi connectivity index (χ0n) is 9.63. The maximum atomic E-state index is 5.99. The summed E-state index contributed by atoms with van der Waals surface area (Å²) < 4.78 is 5.99. The molecule has 0 saturated carbocycles. The van der Waals surface area contributed by atoms with Gasteiger partial charge in [0.2, 0.25) is 0 Å². The molecule has 1 aromatic heterocycles. The smallest absolute Gasteiger partial charge is 0.145 e. The summed E-state index contributed by atoms with van der Waals surface area (Å²) in [6.07, 6.45) is 1.99. The molecule has 0 bridgehead atoms. The number of para-hydroxylation sites is 1. The van der Waals surface area contributed by atoms with Gasteiger partial charge in [0.15, 0.2) is 0 Å². The van der Waals surface area contributed by atoms with E-state index in [4.69, 9.17) is 10.5 Å². The minimum atomic E-state index is -0.0525. The van der Waals surface area contributed by atoms with Gasteiger partial charge in [0.25, 0.3) is 0 Å². The van der Waals surface area contributed by atoms with Gasteiger partial charge in [-0.25, -0.2) is 0 Å². The van der Waals surface area contributed by atoms with E-state index in [9.17, 15) is 0 Å². The Labute approximate surface area is 110 Å². The Morgan fingerprint density at radius 3 is 2.76 bits per heavy atom. The molecule has 0 fully saturated rings. The molecule has 2 nitrogen and oxygen atoms in total. The Morgan fingerprint density at radius 2 is 2.12 bits per heavy atom. The molecule has 17 heavy (non-hydrogen) atoms. The van der Waals surface area contributed by atoms with Crippen LogP contribution in [-0.4, -0.2) is 12.8 Å². The van der Waals surface area contributed by atoms with Crippen molar-refractivity contribution < 1.29 is 4.74 Å². The average molecular weight is 265 g/mol. The first-order valence-electron chi connectivity index (χ1n) is 5.38. The Bertz CT molecular complexity index is 456. The molecule has 0 spiro atoms. The molecule has 0 aliphatic heterocycles. The second kappa shape index (κ2) is 6.10. The van der Waals surface area contributed by atoms with Crippen molar-refractivity contribution in [3.05, 3.63) is 46.7 Å². The average Bonchev–Trinajstić information content (AvgIpc) is 2.90. The number of rotatable bonds is 5. The fraction of sp³-hybridized carbons (Fsp3) is 0.231. The lowest BCUT2D eigenvalue weighted by Gasteiger charge is -2.17. The van der Waals surface area contributed by atoms with Crippen LogP contribution in [-0.2, 0) is 0 Å². The summed E-state index contributed by atoms with van der Waals surface area (Å²) in [6.45, 7) is 0.489. The molecule has 1 aromatic carbocycles. The lowest BCUT2D eigenvalue weighted by Crippen LogP contribution is -2.17. The van der Waals surface area contributed by atoms with Crippen molar-refractivity contribution in [2.75, 3.05) is 12.8 Å². The largest absolute Gasteiger partial charge is 0.482 e. The highest BCUT2D eigenvalue weighted by Crippen LogP contribution is 2.31. The van der Waals surface area contributed by atoms with Gasteiger partial charge in [-0.2, -0.15) is 0 Å². The van der Waals surface area contributed by atoms with E-state index in [0.717, 1.165) is 10.6 Å². The number of nitrogens with two attached hydrogens (primary N) is 1. The number of benzene rings is 1. The molecule has 2 N–H and O–H groups in total. The van der Waals surface area contributed by atoms with Crippen LogP contribution in [0, 0.1) is 0 Å². The summed E-state index contributed by atoms with van der Waals surface area (Å²) in [5, 5.41) is 2.04.